The SMILES string of the molecule is Cc1ccc(-c2noc(C(C)C(=O)C(F)(F)F)n2)cc1Br. The Morgan fingerprint density at radius 3 is 2.62 bits per heavy atom. The van der Waals surface area contributed by atoms with Gasteiger partial charge in [-0.05, 0) is 25.5 Å². The summed E-state index contributed by atoms with van der Waals surface area (Å²) >= 11 is 3.34. The molecule has 0 saturated carbocycles. The summed E-state index contributed by atoms with van der Waals surface area (Å²) in [5, 5.41) is 3.62. The molecule has 0 bridgehead atoms. The van der Waals surface area contributed by atoms with Gasteiger partial charge in [-0.3, -0.25) is 4.79 Å². The summed E-state index contributed by atoms with van der Waals surface area (Å²) in [5.41, 5.74) is 1.57. The Morgan fingerprint density at radius 2 is 2.05 bits per heavy atom. The van der Waals surface area contributed by atoms with E-state index in [2.05, 4.69) is 26.1 Å². The van der Waals surface area contributed by atoms with Crippen LogP contribution in [0.15, 0.2) is 27.2 Å². The van der Waals surface area contributed by atoms with Crippen molar-refractivity contribution >= 4 is 21.7 Å². The van der Waals surface area contributed by atoms with Gasteiger partial charge in [0.1, 0.15) is 5.92 Å². The fourth-order valence-electron chi connectivity index (χ4n) is 1.62. The highest BCUT2D eigenvalue weighted by molar-refractivity contribution is 9.10. The number of carbonyl (C=O) groups is 1. The van der Waals surface area contributed by atoms with Gasteiger partial charge in [-0.2, -0.15) is 18.2 Å². The second-order valence-corrected chi connectivity index (χ2v) is 5.36. The average Bonchev–Trinajstić information content (AvgIpc) is 2.88. The highest BCUT2D eigenvalue weighted by atomic mass is 79.9. The number of benzene rings is 1. The first kappa shape index (κ1) is 15.7. The minimum atomic E-state index is -4.93. The van der Waals surface area contributed by atoms with Gasteiger partial charge in [-0.1, -0.05) is 33.2 Å². The molecular weight excluding hydrogens is 353 g/mol. The maximum absolute atomic E-state index is 12.4. The van der Waals surface area contributed by atoms with Gasteiger partial charge in [0.25, 0.3) is 0 Å². The zero-order valence-electron chi connectivity index (χ0n) is 11.0. The monoisotopic (exact) mass is 362 g/mol. The number of aryl methyl sites for hydroxylation is 1. The second-order valence-electron chi connectivity index (χ2n) is 4.50. The van der Waals surface area contributed by atoms with Gasteiger partial charge in [0.2, 0.25) is 17.5 Å². The van der Waals surface area contributed by atoms with Crippen LogP contribution in [0.25, 0.3) is 11.4 Å². The van der Waals surface area contributed by atoms with Gasteiger partial charge in [0.05, 0.1) is 0 Å². The van der Waals surface area contributed by atoms with Crippen LogP contribution < -0.4 is 0 Å². The van der Waals surface area contributed by atoms with Crippen molar-refractivity contribution in [3.8, 4) is 11.4 Å². The van der Waals surface area contributed by atoms with Crippen LogP contribution in [0.1, 0.15) is 24.3 Å². The Kier molecular flexibility index (Phi) is 4.18. The second kappa shape index (κ2) is 5.59. The van der Waals surface area contributed by atoms with Crippen molar-refractivity contribution in [3.05, 3.63) is 34.1 Å². The third-order valence-corrected chi connectivity index (χ3v) is 3.77. The Morgan fingerprint density at radius 1 is 1.38 bits per heavy atom. The molecule has 0 fully saturated rings. The molecule has 1 atom stereocenters. The minimum absolute atomic E-state index is 0.132. The van der Waals surface area contributed by atoms with Gasteiger partial charge in [0.15, 0.2) is 0 Å². The van der Waals surface area contributed by atoms with Crippen LogP contribution in [-0.4, -0.2) is 22.1 Å². The van der Waals surface area contributed by atoms with E-state index in [4.69, 9.17) is 4.52 Å². The van der Waals surface area contributed by atoms with E-state index < -0.39 is 17.9 Å². The molecule has 112 valence electrons. The number of halogens is 4. The zero-order valence-corrected chi connectivity index (χ0v) is 12.6. The van der Waals surface area contributed by atoms with E-state index in [1.807, 2.05) is 6.92 Å². The van der Waals surface area contributed by atoms with E-state index >= 15 is 0 Å². The highest BCUT2D eigenvalue weighted by Gasteiger charge is 2.44. The third-order valence-electron chi connectivity index (χ3n) is 2.91. The highest BCUT2D eigenvalue weighted by Crippen LogP contribution is 2.28. The minimum Gasteiger partial charge on any atom is -0.338 e. The van der Waals surface area contributed by atoms with Crippen LogP contribution in [0, 0.1) is 6.92 Å². The maximum atomic E-state index is 12.4. The number of rotatable bonds is 3. The molecule has 1 aromatic carbocycles. The summed E-state index contributed by atoms with van der Waals surface area (Å²) in [7, 11) is 0. The number of nitrogens with zero attached hydrogens (tertiary/aromatic N) is 2. The normalized spacial score (nSPS) is 13.2. The van der Waals surface area contributed by atoms with Crippen LogP contribution in [-0.2, 0) is 4.79 Å². The van der Waals surface area contributed by atoms with E-state index in [1.165, 1.54) is 0 Å². The smallest absolute Gasteiger partial charge is 0.338 e. The Hall–Kier alpha value is -1.70. The lowest BCUT2D eigenvalue weighted by Crippen LogP contribution is -2.27. The number of aromatic nitrogens is 2. The quantitative estimate of drug-likeness (QED) is 0.826. The molecule has 0 aliphatic rings. The molecule has 0 amide bonds. The Bertz CT molecular complexity index is 682. The van der Waals surface area contributed by atoms with Crippen molar-refractivity contribution in [1.82, 2.24) is 10.1 Å². The van der Waals surface area contributed by atoms with Gasteiger partial charge in [0, 0.05) is 10.0 Å². The molecule has 0 saturated heterocycles. The molecular formula is C13H10BrF3N2O2. The number of Topliss-reactive ketones (excluding diaryl/α,β-unsaturated/α-hetero) is 1. The largest absolute Gasteiger partial charge is 0.450 e. The maximum Gasteiger partial charge on any atom is 0.450 e. The van der Waals surface area contributed by atoms with Crippen molar-refractivity contribution in [1.29, 1.82) is 0 Å². The number of alkyl halides is 3. The zero-order chi connectivity index (χ0) is 15.8. The molecule has 21 heavy (non-hydrogen) atoms. The molecule has 0 aliphatic carbocycles. The number of carbonyl (C=O) groups excluding carboxylic acids is 1. The fourth-order valence-corrected chi connectivity index (χ4v) is 2.00. The molecule has 0 radical (unpaired) electrons. The number of hydrogen-bond acceptors (Lipinski definition) is 4. The van der Waals surface area contributed by atoms with E-state index in [0.29, 0.717) is 5.56 Å². The molecule has 1 unspecified atom stereocenters. The van der Waals surface area contributed by atoms with Gasteiger partial charge in [-0.15, -0.1) is 0 Å². The lowest BCUT2D eigenvalue weighted by atomic mass is 10.1. The summed E-state index contributed by atoms with van der Waals surface area (Å²) < 4.78 is 42.7. The van der Waals surface area contributed by atoms with Crippen molar-refractivity contribution < 1.29 is 22.5 Å². The molecule has 4 nitrogen and oxygen atoms in total. The van der Waals surface area contributed by atoms with Crippen LogP contribution >= 0.6 is 15.9 Å². The molecule has 0 spiro atoms. The number of ketones is 1. The summed E-state index contributed by atoms with van der Waals surface area (Å²) in [6, 6.07) is 5.24. The van der Waals surface area contributed by atoms with Crippen LogP contribution in [0.5, 0.6) is 0 Å². The third kappa shape index (κ3) is 3.31. The molecule has 1 heterocycles. The summed E-state index contributed by atoms with van der Waals surface area (Å²) in [5.74, 6) is -3.67. The molecule has 1 aromatic heterocycles. The lowest BCUT2D eigenvalue weighted by molar-refractivity contribution is -0.172. The summed E-state index contributed by atoms with van der Waals surface area (Å²) in [4.78, 5) is 15.0. The number of hydrogen-bond donors (Lipinski definition) is 0. The average molecular weight is 363 g/mol. The molecule has 8 heteroatoms. The topological polar surface area (TPSA) is 56.0 Å². The lowest BCUT2D eigenvalue weighted by Gasteiger charge is -2.08. The van der Waals surface area contributed by atoms with Crippen molar-refractivity contribution in [2.45, 2.75) is 25.9 Å². The van der Waals surface area contributed by atoms with E-state index in [9.17, 15) is 18.0 Å². The van der Waals surface area contributed by atoms with Crippen LogP contribution in [0.4, 0.5) is 13.2 Å². The summed E-state index contributed by atoms with van der Waals surface area (Å²) in [6.45, 7) is 2.97. The predicted octanol–water partition coefficient (Wildman–Crippen LogP) is 4.04. The van der Waals surface area contributed by atoms with Gasteiger partial charge in [-0.25, -0.2) is 0 Å². The van der Waals surface area contributed by atoms with Gasteiger partial charge < -0.3 is 4.52 Å². The van der Waals surface area contributed by atoms with Crippen molar-refractivity contribution in [3.63, 3.8) is 0 Å². The molecule has 0 N–H and O–H groups in total. The molecule has 2 rings (SSSR count). The molecule has 2 aromatic rings. The molecule has 0 aliphatic heterocycles. The first-order valence-corrected chi connectivity index (χ1v) is 6.70. The standard InChI is InChI=1S/C13H10BrF3N2O2/c1-6-3-4-8(5-9(6)14)11-18-12(21-19-11)7(2)10(20)13(15,16)17/h3-5,7H,1-2H3. The Labute approximate surface area is 126 Å². The Balaban J connectivity index is 2.29. The van der Waals surface area contributed by atoms with Gasteiger partial charge >= 0.3 is 6.18 Å². The van der Waals surface area contributed by atoms with E-state index in [0.717, 1.165) is 17.0 Å². The van der Waals surface area contributed by atoms with E-state index in [1.54, 1.807) is 18.2 Å². The van der Waals surface area contributed by atoms with E-state index in [-0.39, 0.29) is 11.7 Å². The first-order chi connectivity index (χ1) is 9.70. The van der Waals surface area contributed by atoms with Crippen molar-refractivity contribution in [2.75, 3.05) is 0 Å². The van der Waals surface area contributed by atoms with Crippen LogP contribution in [0.3, 0.4) is 0 Å². The predicted molar refractivity (Wildman–Crippen MR) is 71.6 cm³/mol. The van der Waals surface area contributed by atoms with Crippen molar-refractivity contribution in [2.24, 2.45) is 0 Å². The van der Waals surface area contributed by atoms with Crippen LogP contribution in [0.2, 0.25) is 0 Å². The summed E-state index contributed by atoms with van der Waals surface area (Å²) in [6.07, 6.45) is -4.93. The first-order valence-electron chi connectivity index (χ1n) is 5.91. The fraction of sp³-hybridized carbons (Fsp3) is 0.308.